The Labute approximate surface area is 272 Å². The van der Waals surface area contributed by atoms with Crippen LogP contribution >= 0.6 is 0 Å². The molecule has 3 aromatic carbocycles. The van der Waals surface area contributed by atoms with Gasteiger partial charge in [0.25, 0.3) is 5.91 Å². The van der Waals surface area contributed by atoms with Crippen LogP contribution in [0.2, 0.25) is 0 Å². The normalized spacial score (nSPS) is 16.3. The zero-order chi connectivity index (χ0) is 32.9. The monoisotopic (exact) mass is 640 g/mol. The molecule has 10 nitrogen and oxygen atoms in total. The number of aliphatic imine (C=N–C) groups is 1. The molecule has 0 aliphatic carbocycles. The number of amides is 1. The van der Waals surface area contributed by atoms with E-state index in [0.717, 1.165) is 50.8 Å². The Morgan fingerprint density at radius 2 is 1.68 bits per heavy atom. The zero-order valence-electron chi connectivity index (χ0n) is 26.3. The number of nitrogens with one attached hydrogen (secondary N) is 1. The second-order valence-corrected chi connectivity index (χ2v) is 12.0. The Hall–Kier alpha value is -4.94. The molecule has 3 heterocycles. The van der Waals surface area contributed by atoms with Crippen LogP contribution < -0.4 is 21.7 Å². The first-order valence-corrected chi connectivity index (χ1v) is 15.7. The first-order valence-electron chi connectivity index (χ1n) is 15.7. The van der Waals surface area contributed by atoms with Gasteiger partial charge in [0.15, 0.2) is 0 Å². The summed E-state index contributed by atoms with van der Waals surface area (Å²) in [5, 5.41) is 3.57. The summed E-state index contributed by atoms with van der Waals surface area (Å²) in [7, 11) is 2.11. The summed E-state index contributed by atoms with van der Waals surface area (Å²) in [5.74, 6) is -1.96. The maximum atomic E-state index is 14.1. The van der Waals surface area contributed by atoms with Gasteiger partial charge in [0.2, 0.25) is 0 Å². The minimum atomic E-state index is -0.684. The van der Waals surface area contributed by atoms with Crippen molar-refractivity contribution in [2.75, 3.05) is 62.4 Å². The highest BCUT2D eigenvalue weighted by molar-refractivity contribution is 6.13. The summed E-state index contributed by atoms with van der Waals surface area (Å²) in [6.07, 6.45) is 6.45. The highest BCUT2D eigenvalue weighted by atomic mass is 19.1. The van der Waals surface area contributed by atoms with Crippen LogP contribution in [0.25, 0.3) is 11.1 Å². The van der Waals surface area contributed by atoms with E-state index in [1.54, 1.807) is 30.6 Å². The van der Waals surface area contributed by atoms with E-state index >= 15 is 0 Å². The number of ether oxygens (including phenoxy) is 1. The Bertz CT molecular complexity index is 1750. The molecule has 0 radical (unpaired) electrons. The number of hydrogen-bond acceptors (Lipinski definition) is 8. The van der Waals surface area contributed by atoms with Gasteiger partial charge < -0.3 is 31.3 Å². The number of aromatic nitrogens is 2. The van der Waals surface area contributed by atoms with Gasteiger partial charge in [-0.3, -0.25) is 4.79 Å². The van der Waals surface area contributed by atoms with E-state index in [9.17, 15) is 13.6 Å². The smallest absolute Gasteiger partial charge is 0.281 e. The lowest BCUT2D eigenvalue weighted by molar-refractivity contribution is 0.0904. The zero-order valence-corrected chi connectivity index (χ0v) is 26.3. The first kappa shape index (κ1) is 32.0. The van der Waals surface area contributed by atoms with E-state index in [4.69, 9.17) is 16.2 Å². The molecule has 0 saturated carbocycles. The number of hydrogen-bond donors (Lipinski definition) is 3. The van der Waals surface area contributed by atoms with E-state index < -0.39 is 17.5 Å². The van der Waals surface area contributed by atoms with Gasteiger partial charge in [-0.25, -0.2) is 18.7 Å². The van der Waals surface area contributed by atoms with E-state index in [-0.39, 0.29) is 24.0 Å². The first-order chi connectivity index (χ1) is 22.7. The molecular weight excluding hydrogens is 602 g/mol. The van der Waals surface area contributed by atoms with Crippen molar-refractivity contribution in [2.45, 2.75) is 25.3 Å². The van der Waals surface area contributed by atoms with Crippen molar-refractivity contribution in [1.29, 1.82) is 0 Å². The number of carbonyl (C=O) groups is 1. The lowest BCUT2D eigenvalue weighted by atomic mass is 9.93. The van der Waals surface area contributed by atoms with Crippen molar-refractivity contribution in [3.8, 4) is 11.1 Å². The number of carbonyl (C=O) groups excluding carboxylic acids is 1. The number of halogens is 2. The largest absolute Gasteiger partial charge is 0.398 e. The summed E-state index contributed by atoms with van der Waals surface area (Å²) < 4.78 is 33.7. The topological polar surface area (TPSA) is 135 Å². The summed E-state index contributed by atoms with van der Waals surface area (Å²) in [6.45, 7) is 5.00. The molecule has 1 amide bonds. The number of benzene rings is 3. The number of piperazine rings is 1. The lowest BCUT2D eigenvalue weighted by Crippen LogP contribution is -2.44. The molecule has 1 aromatic heterocycles. The SMILES string of the molecule is CN1CCN(c2ccc(C(=O)N=C(N)c3cc(Cc4cc(F)cc(F)c4)c(-c4cncnc4)cc3N)c(NC3CCOCC3)c2)CC1. The summed E-state index contributed by atoms with van der Waals surface area (Å²) >= 11 is 0. The Morgan fingerprint density at radius 3 is 2.38 bits per heavy atom. The number of nitrogen functional groups attached to an aromatic ring is 1. The van der Waals surface area contributed by atoms with Crippen molar-refractivity contribution >= 4 is 28.8 Å². The molecule has 2 saturated heterocycles. The number of nitrogens with zero attached hydrogens (tertiary/aromatic N) is 5. The van der Waals surface area contributed by atoms with E-state index in [1.165, 1.54) is 18.5 Å². The molecule has 0 spiro atoms. The van der Waals surface area contributed by atoms with Gasteiger partial charge in [-0.1, -0.05) is 0 Å². The fourth-order valence-corrected chi connectivity index (χ4v) is 6.06. The van der Waals surface area contributed by atoms with Crippen molar-refractivity contribution in [1.82, 2.24) is 14.9 Å². The highest BCUT2D eigenvalue weighted by Crippen LogP contribution is 2.31. The molecule has 6 rings (SSSR count). The van der Waals surface area contributed by atoms with Crippen LogP contribution in [0.4, 0.5) is 25.8 Å². The number of amidine groups is 1. The van der Waals surface area contributed by atoms with Crippen LogP contribution in [0.15, 0.2) is 72.2 Å². The van der Waals surface area contributed by atoms with Gasteiger partial charge in [-0.05, 0) is 85.5 Å². The number of likely N-dealkylation sites (N-methyl/N-ethyl adjacent to an activating group) is 1. The number of rotatable bonds is 8. The van der Waals surface area contributed by atoms with Crippen molar-refractivity contribution in [3.05, 3.63) is 101 Å². The van der Waals surface area contributed by atoms with Gasteiger partial charge in [-0.15, -0.1) is 0 Å². The van der Waals surface area contributed by atoms with Gasteiger partial charge in [-0.2, -0.15) is 4.99 Å². The molecular formula is C35H38F2N8O2. The molecule has 12 heteroatoms. The third kappa shape index (κ3) is 7.72. The molecule has 0 bridgehead atoms. The predicted molar refractivity (Wildman–Crippen MR) is 180 cm³/mol. The van der Waals surface area contributed by atoms with Crippen LogP contribution in [0.3, 0.4) is 0 Å². The van der Waals surface area contributed by atoms with Crippen molar-refractivity contribution < 1.29 is 18.3 Å². The third-order valence-electron chi connectivity index (χ3n) is 8.64. The average molecular weight is 641 g/mol. The summed E-state index contributed by atoms with van der Waals surface area (Å²) in [5.41, 5.74) is 18.1. The summed E-state index contributed by atoms with van der Waals surface area (Å²) in [4.78, 5) is 30.9. The predicted octanol–water partition coefficient (Wildman–Crippen LogP) is 4.48. The fraction of sp³-hybridized carbons (Fsp3) is 0.314. The molecule has 0 unspecified atom stereocenters. The third-order valence-corrected chi connectivity index (χ3v) is 8.64. The second kappa shape index (κ2) is 14.2. The quantitative estimate of drug-likeness (QED) is 0.145. The van der Waals surface area contributed by atoms with Crippen LogP contribution in [0, 0.1) is 11.6 Å². The minimum Gasteiger partial charge on any atom is -0.398 e. The van der Waals surface area contributed by atoms with E-state index in [1.807, 2.05) is 12.1 Å². The maximum Gasteiger partial charge on any atom is 0.281 e. The standard InChI is InChI=1S/C35H38F2N8O2/c1-44-6-8-45(9-7-44)28-2-3-29(33(17-28)42-27-4-10-47-11-5-27)35(46)43-34(39)31-15-23(12-22-13-25(36)16-26(37)14-22)30(18-32(31)38)24-19-40-21-41-20-24/h2-3,13-21,27,42H,4-12,38H2,1H3,(H2,39,43,46). The molecule has 47 heavy (non-hydrogen) atoms. The number of nitrogens with two attached hydrogens (primary N) is 2. The van der Waals surface area contributed by atoms with Crippen molar-refractivity contribution in [2.24, 2.45) is 10.7 Å². The average Bonchev–Trinajstić information content (AvgIpc) is 3.06. The molecule has 4 aromatic rings. The Kier molecular flexibility index (Phi) is 9.69. The molecule has 0 atom stereocenters. The Morgan fingerprint density at radius 1 is 0.979 bits per heavy atom. The molecule has 244 valence electrons. The van der Waals surface area contributed by atoms with E-state index in [0.29, 0.717) is 52.3 Å². The lowest BCUT2D eigenvalue weighted by Gasteiger charge is -2.34. The minimum absolute atomic E-state index is 0.0739. The fourth-order valence-electron chi connectivity index (χ4n) is 6.06. The van der Waals surface area contributed by atoms with Crippen LogP contribution in [0.1, 0.15) is 39.9 Å². The number of anilines is 3. The Balaban J connectivity index is 1.34. The molecule has 2 fully saturated rings. The van der Waals surface area contributed by atoms with Gasteiger partial charge >= 0.3 is 0 Å². The molecule has 2 aliphatic heterocycles. The van der Waals surface area contributed by atoms with Crippen LogP contribution in [0.5, 0.6) is 0 Å². The summed E-state index contributed by atoms with van der Waals surface area (Å²) in [6, 6.07) is 12.7. The van der Waals surface area contributed by atoms with Crippen LogP contribution in [-0.2, 0) is 11.2 Å². The van der Waals surface area contributed by atoms with Gasteiger partial charge in [0.05, 0.1) is 5.56 Å². The molecule has 2 aliphatic rings. The van der Waals surface area contributed by atoms with Gasteiger partial charge in [0.1, 0.15) is 23.8 Å². The van der Waals surface area contributed by atoms with Gasteiger partial charge in [0, 0.05) is 92.1 Å². The second-order valence-electron chi connectivity index (χ2n) is 12.0. The van der Waals surface area contributed by atoms with E-state index in [2.05, 4.69) is 37.1 Å². The maximum absolute atomic E-state index is 14.1. The van der Waals surface area contributed by atoms with Crippen molar-refractivity contribution in [3.63, 3.8) is 0 Å². The highest BCUT2D eigenvalue weighted by Gasteiger charge is 2.22. The van der Waals surface area contributed by atoms with Crippen LogP contribution in [-0.4, -0.2) is 79.1 Å². The molecule has 5 N–H and O–H groups in total.